The van der Waals surface area contributed by atoms with Crippen molar-refractivity contribution in [2.24, 2.45) is 0 Å². The predicted molar refractivity (Wildman–Crippen MR) is 80.9 cm³/mol. The zero-order chi connectivity index (χ0) is 15.5. The van der Waals surface area contributed by atoms with Crippen LogP contribution < -0.4 is 5.32 Å². The number of nitrogens with one attached hydrogen (secondary N) is 1. The maximum atomic E-state index is 14.9. The van der Waals surface area contributed by atoms with Gasteiger partial charge in [0.1, 0.15) is 11.3 Å². The smallest absolute Gasteiger partial charge is 0.407 e. The van der Waals surface area contributed by atoms with Gasteiger partial charge in [-0.15, -0.1) is 0 Å². The summed E-state index contributed by atoms with van der Waals surface area (Å²) in [5, 5.41) is 2.84. The molecule has 1 saturated carbocycles. The molecule has 0 heterocycles. The van der Waals surface area contributed by atoms with E-state index in [1.807, 2.05) is 51.1 Å². The van der Waals surface area contributed by atoms with Crippen molar-refractivity contribution in [3.8, 4) is 0 Å². The van der Waals surface area contributed by atoms with Gasteiger partial charge in [0.15, 0.2) is 0 Å². The van der Waals surface area contributed by atoms with Gasteiger partial charge in [-0.05, 0) is 52.0 Å². The third kappa shape index (κ3) is 4.45. The molecule has 1 aliphatic rings. The van der Waals surface area contributed by atoms with E-state index in [-0.39, 0.29) is 6.04 Å². The molecule has 0 radical (unpaired) electrons. The second-order valence-electron chi connectivity index (χ2n) is 6.75. The van der Waals surface area contributed by atoms with Gasteiger partial charge < -0.3 is 10.1 Å². The summed E-state index contributed by atoms with van der Waals surface area (Å²) in [5.41, 5.74) is -1.04. The van der Waals surface area contributed by atoms with Crippen LogP contribution in [0.4, 0.5) is 9.18 Å². The molecule has 1 fully saturated rings. The Labute approximate surface area is 125 Å². The zero-order valence-corrected chi connectivity index (χ0v) is 13.0. The third-order valence-electron chi connectivity index (χ3n) is 3.79. The molecular formula is C17H24FNO2. The lowest BCUT2D eigenvalue weighted by molar-refractivity contribution is 0.0430. The zero-order valence-electron chi connectivity index (χ0n) is 13.0. The Kier molecular flexibility index (Phi) is 4.55. The molecule has 0 aliphatic heterocycles. The largest absolute Gasteiger partial charge is 0.444 e. The van der Waals surface area contributed by atoms with Crippen LogP contribution in [0, 0.1) is 0 Å². The highest BCUT2D eigenvalue weighted by Gasteiger charge is 2.37. The molecule has 3 nitrogen and oxygen atoms in total. The summed E-state index contributed by atoms with van der Waals surface area (Å²) >= 11 is 0. The van der Waals surface area contributed by atoms with E-state index in [0.717, 1.165) is 5.56 Å². The molecule has 1 N–H and O–H groups in total. The summed E-state index contributed by atoms with van der Waals surface area (Å²) in [6, 6.07) is 9.28. The van der Waals surface area contributed by atoms with Crippen LogP contribution in [0.1, 0.15) is 52.0 Å². The second-order valence-corrected chi connectivity index (χ2v) is 6.75. The van der Waals surface area contributed by atoms with Crippen LogP contribution in [0.3, 0.4) is 0 Å². The van der Waals surface area contributed by atoms with Crippen LogP contribution in [0.15, 0.2) is 30.3 Å². The number of alkyl halides is 1. The van der Waals surface area contributed by atoms with Gasteiger partial charge in [-0.3, -0.25) is 0 Å². The van der Waals surface area contributed by atoms with Gasteiger partial charge in [0.05, 0.1) is 0 Å². The normalized spacial score (nSPS) is 26.2. The Morgan fingerprint density at radius 3 is 2.33 bits per heavy atom. The van der Waals surface area contributed by atoms with Crippen molar-refractivity contribution in [1.29, 1.82) is 0 Å². The fourth-order valence-electron chi connectivity index (χ4n) is 2.72. The fourth-order valence-corrected chi connectivity index (χ4v) is 2.72. The van der Waals surface area contributed by atoms with Crippen molar-refractivity contribution in [1.82, 2.24) is 5.32 Å². The molecule has 116 valence electrons. The SMILES string of the molecule is CC(C)(C)OC(=O)NC1CCC(F)(c2ccccc2)CC1. The average Bonchev–Trinajstić information content (AvgIpc) is 2.40. The lowest BCUT2D eigenvalue weighted by Crippen LogP contribution is -2.43. The van der Waals surface area contributed by atoms with Gasteiger partial charge in [0.2, 0.25) is 0 Å². The van der Waals surface area contributed by atoms with E-state index in [1.54, 1.807) is 0 Å². The van der Waals surface area contributed by atoms with Crippen LogP contribution in [0.2, 0.25) is 0 Å². The first-order valence-corrected chi connectivity index (χ1v) is 7.52. The number of ether oxygens (including phenoxy) is 1. The highest BCUT2D eigenvalue weighted by atomic mass is 19.1. The van der Waals surface area contributed by atoms with E-state index < -0.39 is 17.4 Å². The molecular weight excluding hydrogens is 269 g/mol. The quantitative estimate of drug-likeness (QED) is 0.882. The van der Waals surface area contributed by atoms with Crippen molar-refractivity contribution in [3.05, 3.63) is 35.9 Å². The first kappa shape index (κ1) is 15.8. The molecule has 0 unspecified atom stereocenters. The number of hydrogen-bond donors (Lipinski definition) is 1. The van der Waals surface area contributed by atoms with Crippen LogP contribution >= 0.6 is 0 Å². The molecule has 1 aliphatic carbocycles. The summed E-state index contributed by atoms with van der Waals surface area (Å²) in [6.45, 7) is 5.49. The molecule has 2 rings (SSSR count). The summed E-state index contributed by atoms with van der Waals surface area (Å²) in [5.74, 6) is 0. The molecule has 0 atom stereocenters. The highest BCUT2D eigenvalue weighted by molar-refractivity contribution is 5.68. The van der Waals surface area contributed by atoms with Crippen LogP contribution in [0.25, 0.3) is 0 Å². The van der Waals surface area contributed by atoms with Crippen LogP contribution in [-0.4, -0.2) is 17.7 Å². The Morgan fingerprint density at radius 2 is 1.81 bits per heavy atom. The van der Waals surface area contributed by atoms with E-state index in [1.165, 1.54) is 0 Å². The van der Waals surface area contributed by atoms with E-state index in [9.17, 15) is 9.18 Å². The van der Waals surface area contributed by atoms with E-state index in [2.05, 4.69) is 5.32 Å². The molecule has 0 bridgehead atoms. The Balaban J connectivity index is 1.87. The molecule has 1 aromatic carbocycles. The Morgan fingerprint density at radius 1 is 1.24 bits per heavy atom. The first-order chi connectivity index (χ1) is 9.78. The van der Waals surface area contributed by atoms with Gasteiger partial charge in [-0.2, -0.15) is 0 Å². The molecule has 0 saturated heterocycles. The minimum atomic E-state index is -1.27. The van der Waals surface area contributed by atoms with Crippen LogP contribution in [0.5, 0.6) is 0 Å². The summed E-state index contributed by atoms with van der Waals surface area (Å²) < 4.78 is 20.2. The van der Waals surface area contributed by atoms with Crippen molar-refractivity contribution in [2.45, 2.75) is 63.8 Å². The predicted octanol–water partition coefficient (Wildman–Crippen LogP) is 4.32. The third-order valence-corrected chi connectivity index (χ3v) is 3.79. The van der Waals surface area contributed by atoms with Crippen LogP contribution in [-0.2, 0) is 10.4 Å². The van der Waals surface area contributed by atoms with Crippen molar-refractivity contribution in [3.63, 3.8) is 0 Å². The molecule has 0 aromatic heterocycles. The fraction of sp³-hybridized carbons (Fsp3) is 0.588. The lowest BCUT2D eigenvalue weighted by atomic mass is 9.79. The van der Waals surface area contributed by atoms with Crippen molar-refractivity contribution < 1.29 is 13.9 Å². The number of alkyl carbamates (subject to hydrolysis) is 1. The van der Waals surface area contributed by atoms with E-state index in [4.69, 9.17) is 4.74 Å². The number of hydrogen-bond acceptors (Lipinski definition) is 2. The Bertz CT molecular complexity index is 473. The van der Waals surface area contributed by atoms with Gasteiger partial charge in [0, 0.05) is 6.04 Å². The monoisotopic (exact) mass is 293 g/mol. The molecule has 0 spiro atoms. The van der Waals surface area contributed by atoms with E-state index >= 15 is 0 Å². The number of rotatable bonds is 2. The molecule has 21 heavy (non-hydrogen) atoms. The molecule has 1 amide bonds. The van der Waals surface area contributed by atoms with Gasteiger partial charge >= 0.3 is 6.09 Å². The maximum absolute atomic E-state index is 14.9. The minimum absolute atomic E-state index is 0.00700. The average molecular weight is 293 g/mol. The highest BCUT2D eigenvalue weighted by Crippen LogP contribution is 2.40. The van der Waals surface area contributed by atoms with Crippen molar-refractivity contribution in [2.75, 3.05) is 0 Å². The Hall–Kier alpha value is -1.58. The summed E-state index contributed by atoms with van der Waals surface area (Å²) in [4.78, 5) is 11.7. The molecule has 4 heteroatoms. The number of carbonyl (C=O) groups is 1. The van der Waals surface area contributed by atoms with Gasteiger partial charge in [0.25, 0.3) is 0 Å². The van der Waals surface area contributed by atoms with E-state index in [0.29, 0.717) is 25.7 Å². The summed E-state index contributed by atoms with van der Waals surface area (Å²) in [6.07, 6.45) is 1.70. The lowest BCUT2D eigenvalue weighted by Gasteiger charge is -2.35. The van der Waals surface area contributed by atoms with Gasteiger partial charge in [-0.1, -0.05) is 30.3 Å². The summed E-state index contributed by atoms with van der Waals surface area (Å²) in [7, 11) is 0. The maximum Gasteiger partial charge on any atom is 0.407 e. The van der Waals surface area contributed by atoms with Gasteiger partial charge in [-0.25, -0.2) is 9.18 Å². The molecule has 1 aromatic rings. The standard InChI is InChI=1S/C17H24FNO2/c1-16(2,3)21-15(20)19-14-9-11-17(18,12-10-14)13-7-5-4-6-8-13/h4-8,14H,9-12H2,1-3H3,(H,19,20). The second kappa shape index (κ2) is 6.04. The number of carbonyl (C=O) groups excluding carboxylic acids is 1. The number of amides is 1. The number of halogens is 1. The number of benzene rings is 1. The first-order valence-electron chi connectivity index (χ1n) is 7.52. The minimum Gasteiger partial charge on any atom is -0.444 e. The van der Waals surface area contributed by atoms with Crippen molar-refractivity contribution >= 4 is 6.09 Å². The topological polar surface area (TPSA) is 38.3 Å².